The third-order valence-corrected chi connectivity index (χ3v) is 2.93. The molecule has 1 unspecified atom stereocenters. The van der Waals surface area contributed by atoms with E-state index in [-0.39, 0.29) is 0 Å². The normalized spacial score (nSPS) is 12.3. The van der Waals surface area contributed by atoms with Gasteiger partial charge in [-0.25, -0.2) is 0 Å². The van der Waals surface area contributed by atoms with Gasteiger partial charge in [0.05, 0.1) is 5.69 Å². The molecule has 1 atom stereocenters. The van der Waals surface area contributed by atoms with Gasteiger partial charge >= 0.3 is 0 Å². The molecule has 2 aromatic heterocycles. The molecular formula is C12H14N2S. The van der Waals surface area contributed by atoms with E-state index in [2.05, 4.69) is 34.1 Å². The highest BCUT2D eigenvalue weighted by molar-refractivity contribution is 7.07. The van der Waals surface area contributed by atoms with E-state index in [1.165, 1.54) is 5.56 Å². The van der Waals surface area contributed by atoms with Crippen LogP contribution in [0, 0.1) is 0 Å². The summed E-state index contributed by atoms with van der Waals surface area (Å²) in [6.07, 6.45) is 4.69. The molecule has 0 aliphatic rings. The second-order valence-electron chi connectivity index (χ2n) is 3.62. The number of hydrogen-bond acceptors (Lipinski definition) is 3. The van der Waals surface area contributed by atoms with Gasteiger partial charge in [-0.15, -0.1) is 0 Å². The lowest BCUT2D eigenvalue weighted by atomic mass is 10.1. The average molecular weight is 218 g/mol. The fourth-order valence-corrected chi connectivity index (χ4v) is 2.23. The second-order valence-corrected chi connectivity index (χ2v) is 4.40. The topological polar surface area (TPSA) is 24.9 Å². The van der Waals surface area contributed by atoms with Gasteiger partial charge in [-0.1, -0.05) is 0 Å². The van der Waals surface area contributed by atoms with Crippen LogP contribution in [0.2, 0.25) is 0 Å². The molecule has 0 bridgehead atoms. The Hall–Kier alpha value is -1.35. The zero-order chi connectivity index (χ0) is 10.5. The molecule has 0 saturated heterocycles. The van der Waals surface area contributed by atoms with Crippen molar-refractivity contribution in [1.82, 2.24) is 4.98 Å². The van der Waals surface area contributed by atoms with Crippen LogP contribution < -0.4 is 5.32 Å². The van der Waals surface area contributed by atoms with Crippen LogP contribution in [0.4, 0.5) is 5.69 Å². The fourth-order valence-electron chi connectivity index (χ4n) is 1.55. The van der Waals surface area contributed by atoms with E-state index in [1.54, 1.807) is 17.5 Å². The predicted molar refractivity (Wildman–Crippen MR) is 65.3 cm³/mol. The number of anilines is 1. The molecule has 0 amide bonds. The highest BCUT2D eigenvalue weighted by Gasteiger charge is 2.03. The molecule has 0 saturated carbocycles. The van der Waals surface area contributed by atoms with E-state index >= 15 is 0 Å². The van der Waals surface area contributed by atoms with E-state index < -0.39 is 0 Å². The Labute approximate surface area is 94.0 Å². The van der Waals surface area contributed by atoms with E-state index in [9.17, 15) is 0 Å². The molecule has 0 radical (unpaired) electrons. The summed E-state index contributed by atoms with van der Waals surface area (Å²) in [5.41, 5.74) is 2.48. The molecule has 15 heavy (non-hydrogen) atoms. The van der Waals surface area contributed by atoms with Crippen LogP contribution in [0.15, 0.2) is 41.4 Å². The second kappa shape index (κ2) is 4.94. The summed E-state index contributed by atoms with van der Waals surface area (Å²) in [6, 6.07) is 6.59. The maximum Gasteiger partial charge on any atom is 0.0528 e. The molecule has 2 aromatic rings. The van der Waals surface area contributed by atoms with Gasteiger partial charge in [0, 0.05) is 18.4 Å². The zero-order valence-corrected chi connectivity index (χ0v) is 9.50. The molecule has 0 fully saturated rings. The molecule has 2 nitrogen and oxygen atoms in total. The number of aromatic nitrogens is 1. The molecule has 0 aromatic carbocycles. The van der Waals surface area contributed by atoms with Crippen LogP contribution in [0.25, 0.3) is 0 Å². The van der Waals surface area contributed by atoms with Crippen molar-refractivity contribution >= 4 is 17.0 Å². The fraction of sp³-hybridized carbons (Fsp3) is 0.250. The Morgan fingerprint density at radius 2 is 2.40 bits per heavy atom. The van der Waals surface area contributed by atoms with E-state index in [0.29, 0.717) is 6.04 Å². The molecule has 0 aliphatic heterocycles. The van der Waals surface area contributed by atoms with E-state index in [4.69, 9.17) is 0 Å². The first-order valence-electron chi connectivity index (χ1n) is 5.02. The van der Waals surface area contributed by atoms with Gasteiger partial charge in [0.1, 0.15) is 0 Å². The first-order chi connectivity index (χ1) is 7.34. The maximum atomic E-state index is 4.07. The zero-order valence-electron chi connectivity index (χ0n) is 8.68. The van der Waals surface area contributed by atoms with E-state index in [1.807, 2.05) is 18.3 Å². The number of hydrogen-bond donors (Lipinski definition) is 1. The van der Waals surface area contributed by atoms with Crippen molar-refractivity contribution in [3.63, 3.8) is 0 Å². The number of thiophene rings is 1. The smallest absolute Gasteiger partial charge is 0.0528 e. The lowest BCUT2D eigenvalue weighted by Crippen LogP contribution is -2.17. The summed E-state index contributed by atoms with van der Waals surface area (Å²) in [5.74, 6) is 0. The van der Waals surface area contributed by atoms with Crippen molar-refractivity contribution in [2.24, 2.45) is 0 Å². The van der Waals surface area contributed by atoms with Gasteiger partial charge in [-0.2, -0.15) is 11.3 Å². The summed E-state index contributed by atoms with van der Waals surface area (Å²) in [7, 11) is 0. The summed E-state index contributed by atoms with van der Waals surface area (Å²) in [5, 5.41) is 7.74. The summed E-state index contributed by atoms with van der Waals surface area (Å²) in [4.78, 5) is 4.07. The van der Waals surface area contributed by atoms with Crippen LogP contribution in [-0.4, -0.2) is 11.0 Å². The monoisotopic (exact) mass is 218 g/mol. The van der Waals surface area contributed by atoms with Crippen LogP contribution in [0.5, 0.6) is 0 Å². The minimum atomic E-state index is 0.434. The Morgan fingerprint density at radius 3 is 3.07 bits per heavy atom. The molecular weight excluding hydrogens is 204 g/mol. The van der Waals surface area contributed by atoms with Gasteiger partial charge in [0.25, 0.3) is 0 Å². The van der Waals surface area contributed by atoms with Gasteiger partial charge < -0.3 is 5.32 Å². The first kappa shape index (κ1) is 10.2. The molecule has 0 spiro atoms. The van der Waals surface area contributed by atoms with E-state index in [0.717, 1.165) is 12.1 Å². The van der Waals surface area contributed by atoms with Crippen molar-refractivity contribution in [2.45, 2.75) is 19.4 Å². The summed E-state index contributed by atoms with van der Waals surface area (Å²) >= 11 is 1.75. The maximum absolute atomic E-state index is 4.07. The van der Waals surface area contributed by atoms with Crippen LogP contribution in [0.3, 0.4) is 0 Å². The van der Waals surface area contributed by atoms with Crippen molar-refractivity contribution in [1.29, 1.82) is 0 Å². The summed E-state index contributed by atoms with van der Waals surface area (Å²) in [6.45, 7) is 2.19. The minimum absolute atomic E-state index is 0.434. The number of rotatable bonds is 4. The molecule has 3 heteroatoms. The molecule has 78 valence electrons. The SMILES string of the molecule is CC(Cc1ccsc1)Nc1cccnc1. The quantitative estimate of drug-likeness (QED) is 0.852. The van der Waals surface area contributed by atoms with Crippen molar-refractivity contribution in [2.75, 3.05) is 5.32 Å². The standard InChI is InChI=1S/C12H14N2S/c1-10(7-11-4-6-15-9-11)14-12-3-2-5-13-8-12/h2-6,8-10,14H,7H2,1H3. The van der Waals surface area contributed by atoms with Crippen molar-refractivity contribution < 1.29 is 0 Å². The van der Waals surface area contributed by atoms with Gasteiger partial charge in [-0.3, -0.25) is 4.98 Å². The number of nitrogens with one attached hydrogen (secondary N) is 1. The van der Waals surface area contributed by atoms with Gasteiger partial charge in [0.15, 0.2) is 0 Å². The third-order valence-electron chi connectivity index (χ3n) is 2.20. The highest BCUT2D eigenvalue weighted by atomic mass is 32.1. The van der Waals surface area contributed by atoms with Crippen LogP contribution in [-0.2, 0) is 6.42 Å². The molecule has 0 aliphatic carbocycles. The highest BCUT2D eigenvalue weighted by Crippen LogP contribution is 2.12. The molecule has 1 N–H and O–H groups in total. The molecule has 2 heterocycles. The Kier molecular flexibility index (Phi) is 3.35. The Balaban J connectivity index is 1.90. The first-order valence-corrected chi connectivity index (χ1v) is 5.96. The lowest BCUT2D eigenvalue weighted by molar-refractivity contribution is 0.792. The molecule has 2 rings (SSSR count). The number of pyridine rings is 1. The number of nitrogens with zero attached hydrogens (tertiary/aromatic N) is 1. The minimum Gasteiger partial charge on any atom is -0.381 e. The van der Waals surface area contributed by atoms with Crippen LogP contribution in [0.1, 0.15) is 12.5 Å². The largest absolute Gasteiger partial charge is 0.381 e. The van der Waals surface area contributed by atoms with Crippen LogP contribution >= 0.6 is 11.3 Å². The predicted octanol–water partition coefficient (Wildman–Crippen LogP) is 3.19. The summed E-state index contributed by atoms with van der Waals surface area (Å²) < 4.78 is 0. The Morgan fingerprint density at radius 1 is 1.47 bits per heavy atom. The van der Waals surface area contributed by atoms with Gasteiger partial charge in [0.2, 0.25) is 0 Å². The van der Waals surface area contributed by atoms with Crippen molar-refractivity contribution in [3.8, 4) is 0 Å². The average Bonchev–Trinajstić information content (AvgIpc) is 2.71. The Bertz CT molecular complexity index is 383. The van der Waals surface area contributed by atoms with Crippen molar-refractivity contribution in [3.05, 3.63) is 46.9 Å². The third kappa shape index (κ3) is 3.06. The lowest BCUT2D eigenvalue weighted by Gasteiger charge is -2.13. The van der Waals surface area contributed by atoms with Gasteiger partial charge in [-0.05, 0) is 47.9 Å².